The number of nitrogens with one attached hydrogen (secondary N) is 1. The minimum atomic E-state index is -0.641. The van der Waals surface area contributed by atoms with Gasteiger partial charge in [-0.05, 0) is 20.3 Å². The van der Waals surface area contributed by atoms with Crippen LogP contribution < -0.4 is 5.32 Å². The molecule has 0 aliphatic carbocycles. The van der Waals surface area contributed by atoms with Crippen LogP contribution >= 0.6 is 11.3 Å². The number of halogens is 1. The number of carbonyl (C=O) groups excluding carboxylic acids is 1. The van der Waals surface area contributed by atoms with E-state index in [1.165, 1.54) is 12.2 Å². The lowest BCUT2D eigenvalue weighted by Gasteiger charge is -2.22. The van der Waals surface area contributed by atoms with Crippen molar-refractivity contribution < 1.29 is 18.8 Å². The Morgan fingerprint density at radius 3 is 2.75 bits per heavy atom. The molecule has 0 atom stereocenters. The van der Waals surface area contributed by atoms with E-state index < -0.39 is 16.8 Å². The molecule has 0 aliphatic heterocycles. The third-order valence-electron chi connectivity index (χ3n) is 2.76. The maximum absolute atomic E-state index is 13.6. The van der Waals surface area contributed by atoms with Gasteiger partial charge in [0.15, 0.2) is 5.13 Å². The topological polar surface area (TPSA) is 63.7 Å². The van der Waals surface area contributed by atoms with Crippen LogP contribution in [-0.4, -0.2) is 35.9 Å². The Labute approximate surface area is 121 Å². The lowest BCUT2D eigenvalue weighted by Crippen LogP contribution is -2.29. The standard InChI is InChI=1S/C12H20FN3O3S/c1-6-12(2,3)19-11(17)15-10-14-8(9(13)20-10)7-16(4)18-5/h6-7H2,1-5H3,(H,14,15,17). The molecule has 0 spiro atoms. The van der Waals surface area contributed by atoms with Crippen LogP contribution in [0.2, 0.25) is 0 Å². The van der Waals surface area contributed by atoms with Gasteiger partial charge in [-0.25, -0.2) is 9.78 Å². The fraction of sp³-hybridized carbons (Fsp3) is 0.667. The predicted octanol–water partition coefficient (Wildman–Crippen LogP) is 3.01. The van der Waals surface area contributed by atoms with Crippen molar-refractivity contribution >= 4 is 22.6 Å². The monoisotopic (exact) mass is 305 g/mol. The Morgan fingerprint density at radius 2 is 2.20 bits per heavy atom. The minimum absolute atomic E-state index is 0.166. The quantitative estimate of drug-likeness (QED) is 0.819. The van der Waals surface area contributed by atoms with Crippen molar-refractivity contribution in [1.29, 1.82) is 0 Å². The summed E-state index contributed by atoms with van der Waals surface area (Å²) in [6, 6.07) is 0. The molecular formula is C12H20FN3O3S. The summed E-state index contributed by atoms with van der Waals surface area (Å²) in [7, 11) is 3.14. The zero-order chi connectivity index (χ0) is 15.3. The first-order valence-electron chi connectivity index (χ1n) is 6.18. The number of thiazole rings is 1. The number of hydrogen-bond acceptors (Lipinski definition) is 6. The van der Waals surface area contributed by atoms with E-state index in [0.717, 1.165) is 11.3 Å². The molecule has 0 aromatic carbocycles. The van der Waals surface area contributed by atoms with Gasteiger partial charge in [0.25, 0.3) is 0 Å². The fourth-order valence-corrected chi connectivity index (χ4v) is 1.88. The zero-order valence-corrected chi connectivity index (χ0v) is 13.1. The van der Waals surface area contributed by atoms with Gasteiger partial charge in [-0.15, -0.1) is 0 Å². The molecule has 0 aliphatic rings. The van der Waals surface area contributed by atoms with Gasteiger partial charge in [-0.3, -0.25) is 5.32 Å². The molecule has 0 saturated heterocycles. The van der Waals surface area contributed by atoms with Crippen LogP contribution in [0, 0.1) is 5.13 Å². The van der Waals surface area contributed by atoms with Gasteiger partial charge in [0, 0.05) is 7.05 Å². The largest absolute Gasteiger partial charge is 0.443 e. The third-order valence-corrected chi connectivity index (χ3v) is 3.56. The Bertz CT molecular complexity index is 465. The Morgan fingerprint density at radius 1 is 1.55 bits per heavy atom. The molecule has 1 N–H and O–H groups in total. The van der Waals surface area contributed by atoms with Crippen molar-refractivity contribution in [2.45, 2.75) is 39.3 Å². The molecule has 1 aromatic rings. The van der Waals surface area contributed by atoms with Gasteiger partial charge in [0.1, 0.15) is 11.3 Å². The number of hydrogen-bond donors (Lipinski definition) is 1. The van der Waals surface area contributed by atoms with E-state index in [4.69, 9.17) is 9.57 Å². The van der Waals surface area contributed by atoms with Crippen LogP contribution in [0.5, 0.6) is 0 Å². The molecule has 8 heteroatoms. The number of carbonyl (C=O) groups is 1. The third kappa shape index (κ3) is 5.03. The predicted molar refractivity (Wildman–Crippen MR) is 75.0 cm³/mol. The second-order valence-corrected chi connectivity index (χ2v) is 5.79. The number of ether oxygens (including phenoxy) is 1. The van der Waals surface area contributed by atoms with E-state index in [-0.39, 0.29) is 17.4 Å². The van der Waals surface area contributed by atoms with Crippen LogP contribution in [-0.2, 0) is 16.1 Å². The number of hydroxylamine groups is 2. The summed E-state index contributed by atoms with van der Waals surface area (Å²) in [5, 5.41) is 3.57. The first-order chi connectivity index (χ1) is 9.27. The summed E-state index contributed by atoms with van der Waals surface area (Å²) in [4.78, 5) is 20.6. The highest BCUT2D eigenvalue weighted by molar-refractivity contribution is 7.14. The summed E-state index contributed by atoms with van der Waals surface area (Å²) in [6.45, 7) is 5.70. The number of anilines is 1. The van der Waals surface area contributed by atoms with Crippen molar-refractivity contribution in [3.8, 4) is 0 Å². The van der Waals surface area contributed by atoms with Crippen molar-refractivity contribution in [2.24, 2.45) is 0 Å². The normalized spacial score (nSPS) is 11.8. The maximum atomic E-state index is 13.6. The van der Waals surface area contributed by atoms with Gasteiger partial charge in [0.2, 0.25) is 5.13 Å². The van der Waals surface area contributed by atoms with Gasteiger partial charge >= 0.3 is 6.09 Å². The Balaban J connectivity index is 2.65. The second-order valence-electron chi connectivity index (χ2n) is 4.84. The molecule has 1 amide bonds. The Hall–Kier alpha value is -1.25. The number of rotatable bonds is 6. The van der Waals surface area contributed by atoms with E-state index in [1.54, 1.807) is 20.9 Å². The average Bonchev–Trinajstić information content (AvgIpc) is 2.68. The first-order valence-corrected chi connectivity index (χ1v) is 6.99. The SMILES string of the molecule is CCC(C)(C)OC(=O)Nc1nc(CN(C)OC)c(F)s1. The van der Waals surface area contributed by atoms with Crippen LogP contribution in [0.4, 0.5) is 14.3 Å². The van der Waals surface area contributed by atoms with Crippen LogP contribution in [0.1, 0.15) is 32.9 Å². The summed E-state index contributed by atoms with van der Waals surface area (Å²) < 4.78 is 18.8. The van der Waals surface area contributed by atoms with Gasteiger partial charge < -0.3 is 9.57 Å². The molecule has 20 heavy (non-hydrogen) atoms. The molecule has 0 saturated carbocycles. The molecule has 6 nitrogen and oxygen atoms in total. The first kappa shape index (κ1) is 16.8. The molecular weight excluding hydrogens is 285 g/mol. The lowest BCUT2D eigenvalue weighted by atomic mass is 10.1. The highest BCUT2D eigenvalue weighted by atomic mass is 32.1. The highest BCUT2D eigenvalue weighted by Gasteiger charge is 2.22. The molecule has 1 aromatic heterocycles. The van der Waals surface area contributed by atoms with Crippen LogP contribution in [0.25, 0.3) is 0 Å². The molecule has 0 unspecified atom stereocenters. The summed E-state index contributed by atoms with van der Waals surface area (Å²) in [6.07, 6.45) is 0.0357. The van der Waals surface area contributed by atoms with E-state index in [1.807, 2.05) is 6.92 Å². The van der Waals surface area contributed by atoms with E-state index in [2.05, 4.69) is 10.3 Å². The van der Waals surface area contributed by atoms with Crippen LogP contribution in [0.15, 0.2) is 0 Å². The Kier molecular flexibility index (Phi) is 5.85. The molecule has 0 fully saturated rings. The molecule has 0 bridgehead atoms. The zero-order valence-electron chi connectivity index (χ0n) is 12.3. The second kappa shape index (κ2) is 6.96. The molecule has 0 radical (unpaired) electrons. The number of aromatic nitrogens is 1. The summed E-state index contributed by atoms with van der Waals surface area (Å²) in [5.41, 5.74) is -0.358. The fourth-order valence-electron chi connectivity index (χ4n) is 1.20. The maximum Gasteiger partial charge on any atom is 0.413 e. The van der Waals surface area contributed by atoms with E-state index in [0.29, 0.717) is 6.42 Å². The van der Waals surface area contributed by atoms with Crippen molar-refractivity contribution in [1.82, 2.24) is 10.0 Å². The average molecular weight is 305 g/mol. The minimum Gasteiger partial charge on any atom is -0.443 e. The molecule has 1 heterocycles. The number of amides is 1. The van der Waals surface area contributed by atoms with Gasteiger partial charge in [-0.1, -0.05) is 18.3 Å². The van der Waals surface area contributed by atoms with Crippen molar-refractivity contribution in [3.63, 3.8) is 0 Å². The van der Waals surface area contributed by atoms with E-state index >= 15 is 0 Å². The lowest BCUT2D eigenvalue weighted by molar-refractivity contribution is -0.117. The van der Waals surface area contributed by atoms with Gasteiger partial charge in [-0.2, -0.15) is 9.45 Å². The van der Waals surface area contributed by atoms with Crippen LogP contribution in [0.3, 0.4) is 0 Å². The molecule has 114 valence electrons. The smallest absolute Gasteiger partial charge is 0.413 e. The van der Waals surface area contributed by atoms with E-state index in [9.17, 15) is 9.18 Å². The van der Waals surface area contributed by atoms with Gasteiger partial charge in [0.05, 0.1) is 13.7 Å². The summed E-state index contributed by atoms with van der Waals surface area (Å²) in [5.74, 6) is 0. The summed E-state index contributed by atoms with van der Waals surface area (Å²) >= 11 is 0.757. The van der Waals surface area contributed by atoms with Crippen molar-refractivity contribution in [3.05, 3.63) is 10.8 Å². The van der Waals surface area contributed by atoms with Crippen molar-refractivity contribution in [2.75, 3.05) is 19.5 Å². The highest BCUT2D eigenvalue weighted by Crippen LogP contribution is 2.23. The molecule has 1 rings (SSSR count). The number of nitrogens with zero attached hydrogens (tertiary/aromatic N) is 2.